The number of benzene rings is 1. The topological polar surface area (TPSA) is 131 Å². The van der Waals surface area contributed by atoms with Crippen LogP contribution in [0.2, 0.25) is 0 Å². The first-order chi connectivity index (χ1) is 11.9. The highest BCUT2D eigenvalue weighted by atomic mass is 79.9. The standard InChI is InChI=1S/C14H18BrFN6O2S/c1-2-25(17,18)7-3-4-12-13(22-24-21-12)14(20-23)19-9-5-6-11(16)10(15)8-9/h5-6,8,17-18,23H,2-4,7H2,1H3,(H,19,20). The first-order valence-corrected chi connectivity index (χ1v) is 10.2. The molecule has 0 spiro atoms. The molecule has 11 heteroatoms. The lowest BCUT2D eigenvalue weighted by atomic mass is 10.2. The van der Waals surface area contributed by atoms with E-state index in [4.69, 9.17) is 14.2 Å². The van der Waals surface area contributed by atoms with Crippen LogP contribution in [0.1, 0.15) is 24.7 Å². The van der Waals surface area contributed by atoms with Crippen molar-refractivity contribution in [2.24, 2.45) is 4.99 Å². The average molecular weight is 433 g/mol. The van der Waals surface area contributed by atoms with Gasteiger partial charge in [0, 0.05) is 11.5 Å². The third kappa shape index (κ3) is 5.31. The summed E-state index contributed by atoms with van der Waals surface area (Å²) in [4.78, 5) is 4.18. The minimum Gasteiger partial charge on any atom is -0.290 e. The van der Waals surface area contributed by atoms with Gasteiger partial charge in [-0.05, 0) is 52.1 Å². The molecule has 0 saturated carbocycles. The second kappa shape index (κ2) is 8.50. The summed E-state index contributed by atoms with van der Waals surface area (Å²) in [6, 6.07) is 4.15. The molecule has 136 valence electrons. The number of aryl methyl sites for hydroxylation is 1. The number of rotatable bonds is 7. The van der Waals surface area contributed by atoms with E-state index in [1.54, 1.807) is 0 Å². The number of aliphatic imine (C=N–C) groups is 1. The minimum atomic E-state index is -2.08. The fourth-order valence-electron chi connectivity index (χ4n) is 2.00. The zero-order chi connectivity index (χ0) is 18.4. The molecule has 0 unspecified atom stereocenters. The van der Waals surface area contributed by atoms with Crippen LogP contribution in [0.5, 0.6) is 0 Å². The van der Waals surface area contributed by atoms with E-state index in [-0.39, 0.29) is 16.0 Å². The number of hydrogen-bond donors (Lipinski definition) is 4. The van der Waals surface area contributed by atoms with Crippen LogP contribution in [0.3, 0.4) is 0 Å². The lowest BCUT2D eigenvalue weighted by Crippen LogP contribution is -2.22. The van der Waals surface area contributed by atoms with E-state index in [1.807, 2.05) is 12.4 Å². The van der Waals surface area contributed by atoms with Crippen molar-refractivity contribution in [1.82, 2.24) is 15.8 Å². The van der Waals surface area contributed by atoms with Crippen molar-refractivity contribution in [3.63, 3.8) is 0 Å². The van der Waals surface area contributed by atoms with E-state index >= 15 is 0 Å². The Balaban J connectivity index is 2.20. The summed E-state index contributed by atoms with van der Waals surface area (Å²) in [5.41, 5.74) is 3.05. The molecule has 4 N–H and O–H groups in total. The van der Waals surface area contributed by atoms with E-state index in [9.17, 15) is 9.60 Å². The molecule has 0 amide bonds. The zero-order valence-electron chi connectivity index (χ0n) is 13.4. The van der Waals surface area contributed by atoms with Gasteiger partial charge >= 0.3 is 0 Å². The molecule has 0 atom stereocenters. The number of nitrogens with one attached hydrogen (secondary N) is 3. The molecule has 0 aliphatic carbocycles. The van der Waals surface area contributed by atoms with Crippen molar-refractivity contribution >= 4 is 37.1 Å². The van der Waals surface area contributed by atoms with Crippen LogP contribution >= 0.6 is 15.9 Å². The summed E-state index contributed by atoms with van der Waals surface area (Å²) in [6.45, 7) is 1.83. The lowest BCUT2D eigenvalue weighted by molar-refractivity contribution is 0.234. The first kappa shape index (κ1) is 19.5. The van der Waals surface area contributed by atoms with Crippen LogP contribution in [0.25, 0.3) is 0 Å². The summed E-state index contributed by atoms with van der Waals surface area (Å²) in [5.74, 6) is 0.565. The predicted octanol–water partition coefficient (Wildman–Crippen LogP) is 3.66. The summed E-state index contributed by atoms with van der Waals surface area (Å²) in [6.07, 6.45) is 1.03. The van der Waals surface area contributed by atoms with E-state index < -0.39 is 15.4 Å². The van der Waals surface area contributed by atoms with E-state index in [1.165, 1.54) is 18.2 Å². The second-order valence-electron chi connectivity index (χ2n) is 5.21. The van der Waals surface area contributed by atoms with Gasteiger partial charge in [0.1, 0.15) is 11.5 Å². The fraction of sp³-hybridized carbons (Fsp3) is 0.357. The SMILES string of the molecule is CCS(=N)(=N)CCCc1nonc1C(=Nc1ccc(F)c(Br)c1)NO. The molecule has 25 heavy (non-hydrogen) atoms. The highest BCUT2D eigenvalue weighted by molar-refractivity contribution is 9.10. The van der Waals surface area contributed by atoms with Gasteiger partial charge < -0.3 is 0 Å². The fourth-order valence-corrected chi connectivity index (χ4v) is 3.29. The molecule has 0 fully saturated rings. The third-order valence-electron chi connectivity index (χ3n) is 3.43. The Morgan fingerprint density at radius 2 is 2.20 bits per heavy atom. The van der Waals surface area contributed by atoms with Gasteiger partial charge in [0.25, 0.3) is 0 Å². The third-order valence-corrected chi connectivity index (χ3v) is 6.01. The Labute approximate surface area is 153 Å². The maximum atomic E-state index is 13.3. The Hall–Kier alpha value is -1.85. The quantitative estimate of drug-likeness (QED) is 0.301. The number of hydroxylamine groups is 1. The van der Waals surface area contributed by atoms with Gasteiger partial charge in [0.15, 0.2) is 11.5 Å². The maximum absolute atomic E-state index is 13.3. The Kier molecular flexibility index (Phi) is 6.62. The van der Waals surface area contributed by atoms with Crippen LogP contribution < -0.4 is 5.48 Å². The Bertz CT molecular complexity index is 868. The van der Waals surface area contributed by atoms with Crippen molar-refractivity contribution in [3.05, 3.63) is 39.9 Å². The second-order valence-corrected chi connectivity index (χ2v) is 8.82. The van der Waals surface area contributed by atoms with Crippen LogP contribution in [0.4, 0.5) is 10.1 Å². The maximum Gasteiger partial charge on any atom is 0.181 e. The van der Waals surface area contributed by atoms with Crippen LogP contribution in [0, 0.1) is 15.4 Å². The molecule has 8 nitrogen and oxygen atoms in total. The average Bonchev–Trinajstić information content (AvgIpc) is 3.04. The number of nitrogens with zero attached hydrogens (tertiary/aromatic N) is 3. The minimum absolute atomic E-state index is 0.0145. The molecule has 0 radical (unpaired) electrons. The van der Waals surface area contributed by atoms with E-state index in [0.717, 1.165) is 0 Å². The van der Waals surface area contributed by atoms with Gasteiger partial charge in [0.2, 0.25) is 0 Å². The van der Waals surface area contributed by atoms with Crippen LogP contribution in [0.15, 0.2) is 32.3 Å². The molecule has 2 aromatic rings. The number of amidine groups is 1. The van der Waals surface area contributed by atoms with E-state index in [0.29, 0.717) is 35.7 Å². The van der Waals surface area contributed by atoms with Crippen LogP contribution in [-0.2, 0) is 16.0 Å². The molecular formula is C14H18BrFN6O2S. The number of aromatic nitrogens is 2. The molecular weight excluding hydrogens is 415 g/mol. The molecule has 2 rings (SSSR count). The van der Waals surface area contributed by atoms with Crippen molar-refractivity contribution in [2.75, 3.05) is 11.5 Å². The van der Waals surface area contributed by atoms with Crippen molar-refractivity contribution < 1.29 is 14.2 Å². The van der Waals surface area contributed by atoms with Gasteiger partial charge in [-0.3, -0.25) is 20.2 Å². The highest BCUT2D eigenvalue weighted by Gasteiger charge is 2.17. The summed E-state index contributed by atoms with van der Waals surface area (Å²) < 4.78 is 34.0. The van der Waals surface area contributed by atoms with Gasteiger partial charge in [-0.1, -0.05) is 21.7 Å². The number of hydrogen-bond acceptors (Lipinski definition) is 7. The van der Waals surface area contributed by atoms with Gasteiger partial charge in [0.05, 0.1) is 10.2 Å². The monoisotopic (exact) mass is 432 g/mol. The Morgan fingerprint density at radius 1 is 1.44 bits per heavy atom. The molecule has 0 saturated heterocycles. The van der Waals surface area contributed by atoms with Gasteiger partial charge in [-0.25, -0.2) is 14.0 Å². The first-order valence-electron chi connectivity index (χ1n) is 7.40. The van der Waals surface area contributed by atoms with Crippen LogP contribution in [-0.4, -0.2) is 32.9 Å². The summed E-state index contributed by atoms with van der Waals surface area (Å²) >= 11 is 3.07. The Morgan fingerprint density at radius 3 is 2.84 bits per heavy atom. The molecule has 0 aliphatic rings. The van der Waals surface area contributed by atoms with Gasteiger partial charge in [-0.2, -0.15) is 0 Å². The van der Waals surface area contributed by atoms with E-state index in [2.05, 4.69) is 31.2 Å². The molecule has 1 heterocycles. The molecule has 0 aliphatic heterocycles. The lowest BCUT2D eigenvalue weighted by Gasteiger charge is -2.07. The van der Waals surface area contributed by atoms with Crippen molar-refractivity contribution in [3.8, 4) is 0 Å². The smallest absolute Gasteiger partial charge is 0.181 e. The molecule has 0 bridgehead atoms. The highest BCUT2D eigenvalue weighted by Crippen LogP contribution is 2.23. The van der Waals surface area contributed by atoms with Crippen molar-refractivity contribution in [2.45, 2.75) is 19.8 Å². The summed E-state index contributed by atoms with van der Waals surface area (Å²) in [5, 5.41) is 16.9. The zero-order valence-corrected chi connectivity index (χ0v) is 15.8. The number of halogens is 2. The molecule has 1 aromatic heterocycles. The largest absolute Gasteiger partial charge is 0.290 e. The molecule has 1 aromatic carbocycles. The van der Waals surface area contributed by atoms with Gasteiger partial charge in [-0.15, -0.1) is 0 Å². The predicted molar refractivity (Wildman–Crippen MR) is 96.1 cm³/mol. The van der Waals surface area contributed by atoms with Crippen molar-refractivity contribution in [1.29, 1.82) is 9.56 Å². The normalized spacial score (nSPS) is 12.4. The summed E-state index contributed by atoms with van der Waals surface area (Å²) in [7, 11) is -2.08.